The zero-order valence-electron chi connectivity index (χ0n) is 15.2. The summed E-state index contributed by atoms with van der Waals surface area (Å²) in [5, 5.41) is 4.45. The number of rotatable bonds is 3. The average Bonchev–Trinajstić information content (AvgIpc) is 3.41. The Balaban J connectivity index is 1.38. The highest BCUT2D eigenvalue weighted by Gasteiger charge is 2.43. The van der Waals surface area contributed by atoms with Gasteiger partial charge in [0.15, 0.2) is 0 Å². The van der Waals surface area contributed by atoms with Gasteiger partial charge in [0.05, 0.1) is 6.04 Å². The first kappa shape index (κ1) is 17.0. The number of carbonyl (C=O) groups excluding carboxylic acids is 1. The van der Waals surface area contributed by atoms with Crippen molar-refractivity contribution in [3.63, 3.8) is 0 Å². The molecule has 2 aliphatic rings. The van der Waals surface area contributed by atoms with Crippen molar-refractivity contribution in [1.82, 2.24) is 15.2 Å². The maximum Gasteiger partial charge on any atom is 0.414 e. The number of nitrogens with one attached hydrogen (secondary N) is 2. The number of likely N-dealkylation sites (tertiary alicyclic amines) is 1. The summed E-state index contributed by atoms with van der Waals surface area (Å²) in [5.74, 6) is -0.185. The molecule has 0 spiro atoms. The lowest BCUT2D eigenvalue weighted by Crippen LogP contribution is -2.29. The van der Waals surface area contributed by atoms with E-state index in [1.807, 2.05) is 42.6 Å². The van der Waals surface area contributed by atoms with Gasteiger partial charge in [-0.05, 0) is 35.4 Å². The van der Waals surface area contributed by atoms with Gasteiger partial charge in [-0.3, -0.25) is 4.90 Å². The molecule has 0 bridgehead atoms. The highest BCUT2D eigenvalue weighted by atomic mass is 19.1. The van der Waals surface area contributed by atoms with Crippen molar-refractivity contribution in [2.75, 3.05) is 13.1 Å². The molecule has 5 rings (SSSR count). The second-order valence-electron chi connectivity index (χ2n) is 7.21. The van der Waals surface area contributed by atoms with Crippen LogP contribution in [0.15, 0.2) is 66.5 Å². The fraction of sp³-hybridized carbons (Fsp3) is 0.227. The van der Waals surface area contributed by atoms with Crippen LogP contribution in [0.1, 0.15) is 17.0 Å². The number of carbonyl (C=O) groups is 1. The molecule has 1 aromatic heterocycles. The normalized spacial score (nSPS) is 21.0. The fourth-order valence-electron chi connectivity index (χ4n) is 4.24. The van der Waals surface area contributed by atoms with E-state index in [1.54, 1.807) is 11.0 Å². The van der Waals surface area contributed by atoms with Crippen molar-refractivity contribution < 1.29 is 13.9 Å². The minimum atomic E-state index is -0.336. The van der Waals surface area contributed by atoms with E-state index in [4.69, 9.17) is 4.74 Å². The third-order valence-electron chi connectivity index (χ3n) is 5.56. The molecule has 1 fully saturated rings. The highest BCUT2D eigenvalue weighted by molar-refractivity contribution is 5.84. The number of ether oxygens (including phenoxy) is 1. The second-order valence-corrected chi connectivity index (χ2v) is 7.21. The standard InChI is InChI=1S/C22H20FN3O2/c23-15-6-7-16-17(11-25-19(16)10-15)18-12-26(20-8-9-24-21(18)20)22(27)28-13-14-4-2-1-3-5-14/h1-8,10-11,18,21,24-25H,9,12-13H2. The SMILES string of the molecule is O=C(OCc1ccccc1)N1CC(c2c[nH]c3cc(F)ccc23)C2NCC=C21. The summed E-state index contributed by atoms with van der Waals surface area (Å²) in [5.41, 5.74) is 3.77. The topological polar surface area (TPSA) is 57.4 Å². The average molecular weight is 377 g/mol. The molecule has 5 nitrogen and oxygen atoms in total. The van der Waals surface area contributed by atoms with Gasteiger partial charge in [0.2, 0.25) is 0 Å². The lowest BCUT2D eigenvalue weighted by molar-refractivity contribution is 0.111. The number of halogens is 1. The Labute approximate surface area is 161 Å². The lowest BCUT2D eigenvalue weighted by atomic mass is 9.93. The Morgan fingerprint density at radius 3 is 2.93 bits per heavy atom. The van der Waals surface area contributed by atoms with Crippen molar-refractivity contribution in [2.45, 2.75) is 18.6 Å². The molecular formula is C22H20FN3O2. The first-order valence-corrected chi connectivity index (χ1v) is 9.39. The van der Waals surface area contributed by atoms with Crippen LogP contribution >= 0.6 is 0 Å². The molecule has 6 heteroatoms. The Bertz CT molecular complexity index is 1060. The van der Waals surface area contributed by atoms with Gasteiger partial charge in [0, 0.05) is 41.8 Å². The Hall–Kier alpha value is -3.12. The molecule has 142 valence electrons. The van der Waals surface area contributed by atoms with Crippen molar-refractivity contribution >= 4 is 17.0 Å². The van der Waals surface area contributed by atoms with E-state index in [-0.39, 0.29) is 30.5 Å². The molecular weight excluding hydrogens is 357 g/mol. The molecule has 0 radical (unpaired) electrons. The van der Waals surface area contributed by atoms with Crippen molar-refractivity contribution in [3.05, 3.63) is 83.4 Å². The van der Waals surface area contributed by atoms with Crippen LogP contribution in [0.3, 0.4) is 0 Å². The first-order valence-electron chi connectivity index (χ1n) is 9.39. The van der Waals surface area contributed by atoms with Gasteiger partial charge in [-0.2, -0.15) is 0 Å². The summed E-state index contributed by atoms with van der Waals surface area (Å²) in [6.07, 6.45) is 3.63. The van der Waals surface area contributed by atoms with Crippen LogP contribution in [0.4, 0.5) is 9.18 Å². The highest BCUT2D eigenvalue weighted by Crippen LogP contribution is 2.39. The minimum absolute atomic E-state index is 0.0494. The van der Waals surface area contributed by atoms with Crippen molar-refractivity contribution in [3.8, 4) is 0 Å². The number of amides is 1. The summed E-state index contributed by atoms with van der Waals surface area (Å²) < 4.78 is 19.1. The van der Waals surface area contributed by atoms with Crippen LogP contribution in [0.2, 0.25) is 0 Å². The smallest absolute Gasteiger partial charge is 0.414 e. The molecule has 3 heterocycles. The van der Waals surface area contributed by atoms with Crippen LogP contribution in [-0.2, 0) is 11.3 Å². The first-order chi connectivity index (χ1) is 13.7. The second kappa shape index (κ2) is 6.80. The lowest BCUT2D eigenvalue weighted by Gasteiger charge is -2.17. The number of H-pyrrole nitrogens is 1. The molecule has 2 aromatic carbocycles. The molecule has 2 aliphatic heterocycles. The zero-order valence-corrected chi connectivity index (χ0v) is 15.2. The van der Waals surface area contributed by atoms with Gasteiger partial charge < -0.3 is 15.0 Å². The predicted octanol–water partition coefficient (Wildman–Crippen LogP) is 3.90. The molecule has 1 amide bonds. The van der Waals surface area contributed by atoms with E-state index in [0.717, 1.165) is 34.3 Å². The van der Waals surface area contributed by atoms with E-state index >= 15 is 0 Å². The molecule has 3 aromatic rings. The maximum absolute atomic E-state index is 13.5. The van der Waals surface area contributed by atoms with Crippen molar-refractivity contribution in [2.24, 2.45) is 0 Å². The van der Waals surface area contributed by atoms with E-state index in [1.165, 1.54) is 12.1 Å². The largest absolute Gasteiger partial charge is 0.444 e. The number of hydrogen-bond acceptors (Lipinski definition) is 3. The summed E-state index contributed by atoms with van der Waals surface area (Å²) in [6, 6.07) is 14.5. The van der Waals surface area contributed by atoms with Gasteiger partial charge in [-0.1, -0.05) is 30.3 Å². The summed E-state index contributed by atoms with van der Waals surface area (Å²) in [7, 11) is 0. The number of benzene rings is 2. The fourth-order valence-corrected chi connectivity index (χ4v) is 4.24. The molecule has 0 saturated carbocycles. The van der Waals surface area contributed by atoms with E-state index in [9.17, 15) is 9.18 Å². The van der Waals surface area contributed by atoms with E-state index in [0.29, 0.717) is 6.54 Å². The van der Waals surface area contributed by atoms with Crippen LogP contribution in [0.5, 0.6) is 0 Å². The predicted molar refractivity (Wildman–Crippen MR) is 104 cm³/mol. The van der Waals surface area contributed by atoms with E-state index < -0.39 is 0 Å². The van der Waals surface area contributed by atoms with Crippen molar-refractivity contribution in [1.29, 1.82) is 0 Å². The molecule has 1 saturated heterocycles. The molecule has 28 heavy (non-hydrogen) atoms. The van der Waals surface area contributed by atoms with Gasteiger partial charge in [-0.15, -0.1) is 0 Å². The number of fused-ring (bicyclic) bond motifs is 2. The molecule has 0 aliphatic carbocycles. The van der Waals surface area contributed by atoms with Crippen LogP contribution in [0, 0.1) is 5.82 Å². The van der Waals surface area contributed by atoms with Gasteiger partial charge in [-0.25, -0.2) is 9.18 Å². The Kier molecular flexibility index (Phi) is 4.13. The van der Waals surface area contributed by atoms with Gasteiger partial charge in [0.1, 0.15) is 12.4 Å². The van der Waals surface area contributed by atoms with Gasteiger partial charge in [0.25, 0.3) is 0 Å². The number of aromatic nitrogens is 1. The molecule has 2 unspecified atom stereocenters. The number of hydrogen-bond donors (Lipinski definition) is 2. The zero-order chi connectivity index (χ0) is 19.1. The summed E-state index contributed by atoms with van der Waals surface area (Å²) in [6.45, 7) is 1.50. The van der Waals surface area contributed by atoms with Crippen LogP contribution < -0.4 is 5.32 Å². The third kappa shape index (κ3) is 2.86. The number of nitrogens with zero attached hydrogens (tertiary/aromatic N) is 1. The summed E-state index contributed by atoms with van der Waals surface area (Å²) in [4.78, 5) is 17.6. The summed E-state index contributed by atoms with van der Waals surface area (Å²) >= 11 is 0. The Morgan fingerprint density at radius 1 is 1.21 bits per heavy atom. The van der Waals surface area contributed by atoms with Crippen LogP contribution in [-0.4, -0.2) is 35.1 Å². The van der Waals surface area contributed by atoms with E-state index in [2.05, 4.69) is 10.3 Å². The third-order valence-corrected chi connectivity index (χ3v) is 5.56. The quantitative estimate of drug-likeness (QED) is 0.728. The van der Waals surface area contributed by atoms with Gasteiger partial charge >= 0.3 is 6.09 Å². The van der Waals surface area contributed by atoms with Crippen LogP contribution in [0.25, 0.3) is 10.9 Å². The Morgan fingerprint density at radius 2 is 2.07 bits per heavy atom. The molecule has 2 atom stereocenters. The number of aromatic amines is 1. The minimum Gasteiger partial charge on any atom is -0.444 e. The monoisotopic (exact) mass is 377 g/mol. The maximum atomic E-state index is 13.5. The molecule has 2 N–H and O–H groups in total.